The minimum atomic E-state index is -1.21. The van der Waals surface area contributed by atoms with E-state index in [0.29, 0.717) is 42.9 Å². The number of carbonyl (C=O) groups is 1. The number of ketones is 1. The number of Topliss-reactive ketones (excluding diaryl/α,β-unsaturated/α-hetero) is 1. The molecule has 1 aliphatic heterocycles. The van der Waals surface area contributed by atoms with Crippen LogP contribution >= 0.6 is 0 Å². The Hall–Kier alpha value is -3.03. The van der Waals surface area contributed by atoms with Gasteiger partial charge in [0.15, 0.2) is 5.78 Å². The number of rotatable bonds is 4. The minimum absolute atomic E-state index is 0.121. The summed E-state index contributed by atoms with van der Waals surface area (Å²) in [6.45, 7) is 2.12. The number of halogens is 4. The maximum Gasteiger partial charge on any atom is 0.188 e. The molecule has 0 amide bonds. The van der Waals surface area contributed by atoms with E-state index in [1.54, 1.807) is 18.2 Å². The van der Waals surface area contributed by atoms with E-state index in [0.717, 1.165) is 12.1 Å². The number of hydrogen-bond donors (Lipinski definition) is 0. The van der Waals surface area contributed by atoms with Gasteiger partial charge in [0.25, 0.3) is 0 Å². The van der Waals surface area contributed by atoms with Crippen LogP contribution in [0.15, 0.2) is 60.7 Å². The van der Waals surface area contributed by atoms with Crippen LogP contribution in [0.5, 0.6) is 0 Å². The van der Waals surface area contributed by atoms with Crippen molar-refractivity contribution in [3.05, 3.63) is 106 Å². The van der Waals surface area contributed by atoms with Crippen LogP contribution in [-0.2, 0) is 18.5 Å². The third-order valence-electron chi connectivity index (χ3n) is 6.79. The second-order valence-electron chi connectivity index (χ2n) is 8.64. The highest BCUT2D eigenvalue weighted by molar-refractivity contribution is 6.08. The third kappa shape index (κ3) is 3.75. The van der Waals surface area contributed by atoms with Crippen molar-refractivity contribution in [2.75, 3.05) is 26.2 Å². The molecule has 7 heteroatoms. The highest BCUT2D eigenvalue weighted by Crippen LogP contribution is 2.44. The van der Waals surface area contributed by atoms with Crippen molar-refractivity contribution in [2.24, 2.45) is 0 Å². The molecule has 3 nitrogen and oxygen atoms in total. The highest BCUT2D eigenvalue weighted by atomic mass is 19.1. The number of piperazine rings is 1. The van der Waals surface area contributed by atoms with Crippen LogP contribution in [-0.4, -0.2) is 41.8 Å². The lowest BCUT2D eigenvalue weighted by Crippen LogP contribution is -2.58. The summed E-state index contributed by atoms with van der Waals surface area (Å²) in [6, 6.07) is 13.8. The first kappa shape index (κ1) is 21.8. The molecule has 0 bridgehead atoms. The second-order valence-corrected chi connectivity index (χ2v) is 8.64. The van der Waals surface area contributed by atoms with Crippen LogP contribution in [0.3, 0.4) is 0 Å². The Labute approximate surface area is 189 Å². The second kappa shape index (κ2) is 8.39. The predicted octanol–water partition coefficient (Wildman–Crippen LogP) is 4.70. The van der Waals surface area contributed by atoms with Crippen molar-refractivity contribution < 1.29 is 22.4 Å². The smallest absolute Gasteiger partial charge is 0.188 e. The Bertz CT molecular complexity index is 1220. The molecule has 0 aromatic heterocycles. The summed E-state index contributed by atoms with van der Waals surface area (Å²) in [5.74, 6) is -2.11. The summed E-state index contributed by atoms with van der Waals surface area (Å²) in [5.41, 5.74) is 0.227. The number of nitrogens with zero attached hydrogens (tertiary/aromatic N) is 2. The SMILES string of the molecule is O=C1c2cccc(F)c2CC1(c1cccc(F)c1)N1CCN(Cc2cc(F)ccc2F)CC1. The van der Waals surface area contributed by atoms with Crippen LogP contribution < -0.4 is 0 Å². The molecule has 1 fully saturated rings. The largest absolute Gasteiger partial charge is 0.296 e. The van der Waals surface area contributed by atoms with Gasteiger partial charge in [0, 0.05) is 55.8 Å². The van der Waals surface area contributed by atoms with Crippen LogP contribution in [0.1, 0.15) is 27.0 Å². The zero-order valence-corrected chi connectivity index (χ0v) is 17.8. The minimum Gasteiger partial charge on any atom is -0.296 e. The van der Waals surface area contributed by atoms with Crippen molar-refractivity contribution in [2.45, 2.75) is 18.5 Å². The fourth-order valence-corrected chi connectivity index (χ4v) is 5.12. The fraction of sp³-hybridized carbons (Fsp3) is 0.269. The molecule has 3 aromatic rings. The molecule has 170 valence electrons. The average Bonchev–Trinajstić information content (AvgIpc) is 3.12. The maximum atomic E-state index is 14.6. The average molecular weight is 454 g/mol. The first-order chi connectivity index (χ1) is 15.9. The lowest BCUT2D eigenvalue weighted by Gasteiger charge is -2.45. The molecule has 33 heavy (non-hydrogen) atoms. The Morgan fingerprint density at radius 1 is 0.788 bits per heavy atom. The molecular weight excluding hydrogens is 432 g/mol. The molecule has 2 aliphatic rings. The van der Waals surface area contributed by atoms with Gasteiger partial charge in [-0.3, -0.25) is 14.6 Å². The van der Waals surface area contributed by atoms with Gasteiger partial charge in [0.1, 0.15) is 28.8 Å². The Kier molecular flexibility index (Phi) is 5.54. The molecule has 1 unspecified atom stereocenters. The molecule has 1 aliphatic carbocycles. The molecule has 1 atom stereocenters. The summed E-state index contributed by atoms with van der Waals surface area (Å²) in [6.07, 6.45) is 0.121. The number of carbonyl (C=O) groups excluding carboxylic acids is 1. The van der Waals surface area contributed by atoms with Crippen molar-refractivity contribution in [3.63, 3.8) is 0 Å². The van der Waals surface area contributed by atoms with E-state index in [2.05, 4.69) is 0 Å². The van der Waals surface area contributed by atoms with Gasteiger partial charge in [-0.15, -0.1) is 0 Å². The number of benzene rings is 3. The zero-order chi connectivity index (χ0) is 23.2. The van der Waals surface area contributed by atoms with Gasteiger partial charge in [-0.25, -0.2) is 17.6 Å². The molecule has 0 spiro atoms. The summed E-state index contributed by atoms with van der Waals surface area (Å²) < 4.78 is 56.5. The van der Waals surface area contributed by atoms with E-state index < -0.39 is 28.8 Å². The summed E-state index contributed by atoms with van der Waals surface area (Å²) >= 11 is 0. The Morgan fingerprint density at radius 3 is 2.24 bits per heavy atom. The van der Waals surface area contributed by atoms with Crippen molar-refractivity contribution in [3.8, 4) is 0 Å². The normalized spacial score (nSPS) is 21.4. The monoisotopic (exact) mass is 454 g/mol. The number of fused-ring (bicyclic) bond motifs is 1. The van der Waals surface area contributed by atoms with Crippen LogP contribution in [0.2, 0.25) is 0 Å². The molecule has 0 N–H and O–H groups in total. The quantitative estimate of drug-likeness (QED) is 0.535. The zero-order valence-electron chi connectivity index (χ0n) is 17.8. The molecule has 0 saturated carbocycles. The van der Waals surface area contributed by atoms with Gasteiger partial charge in [-0.2, -0.15) is 0 Å². The van der Waals surface area contributed by atoms with E-state index in [9.17, 15) is 22.4 Å². The van der Waals surface area contributed by atoms with Gasteiger partial charge in [0.2, 0.25) is 0 Å². The third-order valence-corrected chi connectivity index (χ3v) is 6.79. The first-order valence-electron chi connectivity index (χ1n) is 10.9. The summed E-state index contributed by atoms with van der Waals surface area (Å²) in [4.78, 5) is 17.7. The van der Waals surface area contributed by atoms with Crippen molar-refractivity contribution in [1.82, 2.24) is 9.80 Å². The molecule has 3 aromatic carbocycles. The van der Waals surface area contributed by atoms with E-state index in [-0.39, 0.29) is 24.3 Å². The molecule has 1 saturated heterocycles. The van der Waals surface area contributed by atoms with Gasteiger partial charge >= 0.3 is 0 Å². The van der Waals surface area contributed by atoms with Gasteiger partial charge in [0.05, 0.1) is 0 Å². The Balaban J connectivity index is 1.44. The Morgan fingerprint density at radius 2 is 1.52 bits per heavy atom. The predicted molar refractivity (Wildman–Crippen MR) is 116 cm³/mol. The van der Waals surface area contributed by atoms with Crippen molar-refractivity contribution >= 4 is 5.78 Å². The first-order valence-corrected chi connectivity index (χ1v) is 10.9. The van der Waals surface area contributed by atoms with E-state index >= 15 is 0 Å². The van der Waals surface area contributed by atoms with Gasteiger partial charge < -0.3 is 0 Å². The maximum absolute atomic E-state index is 14.6. The molecular formula is C26H22F4N2O. The lowest BCUT2D eigenvalue weighted by molar-refractivity contribution is 0.0284. The van der Waals surface area contributed by atoms with Crippen molar-refractivity contribution in [1.29, 1.82) is 0 Å². The van der Waals surface area contributed by atoms with Crippen LogP contribution in [0.4, 0.5) is 17.6 Å². The van der Waals surface area contributed by atoms with Gasteiger partial charge in [-0.05, 0) is 42.0 Å². The molecule has 1 heterocycles. The van der Waals surface area contributed by atoms with Gasteiger partial charge in [-0.1, -0.05) is 24.3 Å². The van der Waals surface area contributed by atoms with Crippen LogP contribution in [0.25, 0.3) is 0 Å². The molecule has 0 radical (unpaired) electrons. The topological polar surface area (TPSA) is 23.6 Å². The highest BCUT2D eigenvalue weighted by Gasteiger charge is 2.52. The standard InChI is InChI=1S/C26H22F4N2O/c27-19-4-1-3-18(14-19)26(15-22-21(25(26)33)5-2-6-24(22)30)32-11-9-31(10-12-32)16-17-13-20(28)7-8-23(17)29/h1-8,13-14H,9-12,15-16H2. The van der Waals surface area contributed by atoms with Crippen LogP contribution in [0, 0.1) is 23.3 Å². The molecule has 5 rings (SSSR count). The van der Waals surface area contributed by atoms with E-state index in [4.69, 9.17) is 0 Å². The van der Waals surface area contributed by atoms with E-state index in [1.807, 2.05) is 9.80 Å². The lowest BCUT2D eigenvalue weighted by atomic mass is 9.83. The van der Waals surface area contributed by atoms with E-state index in [1.165, 1.54) is 30.3 Å². The summed E-state index contributed by atoms with van der Waals surface area (Å²) in [7, 11) is 0. The summed E-state index contributed by atoms with van der Waals surface area (Å²) in [5, 5.41) is 0. The fourth-order valence-electron chi connectivity index (χ4n) is 5.12. The number of hydrogen-bond acceptors (Lipinski definition) is 3.